The van der Waals surface area contributed by atoms with Gasteiger partial charge in [-0.25, -0.2) is 0 Å². The zero-order valence-electron chi connectivity index (χ0n) is 12.3. The lowest BCUT2D eigenvalue weighted by Crippen LogP contribution is -2.49. The third-order valence-electron chi connectivity index (χ3n) is 4.35. The van der Waals surface area contributed by atoms with Crippen LogP contribution in [0.2, 0.25) is 0 Å². The molecule has 0 radical (unpaired) electrons. The summed E-state index contributed by atoms with van der Waals surface area (Å²) in [7, 11) is 0. The van der Waals surface area contributed by atoms with Gasteiger partial charge in [-0.2, -0.15) is 0 Å². The van der Waals surface area contributed by atoms with Crippen LogP contribution in [0.5, 0.6) is 0 Å². The SMILES string of the molecule is CC1CCN(C(=O)c2cc3c(s2)CCOC3)C(CN)C1.Cl. The molecule has 0 bridgehead atoms. The summed E-state index contributed by atoms with van der Waals surface area (Å²) in [6.07, 6.45) is 3.04. The minimum atomic E-state index is 0. The summed E-state index contributed by atoms with van der Waals surface area (Å²) in [5.74, 6) is 0.823. The molecule has 0 spiro atoms. The number of amides is 1. The van der Waals surface area contributed by atoms with Crippen LogP contribution in [0.25, 0.3) is 0 Å². The van der Waals surface area contributed by atoms with Crippen molar-refractivity contribution < 1.29 is 9.53 Å². The number of likely N-dealkylation sites (tertiary alicyclic amines) is 1. The topological polar surface area (TPSA) is 55.6 Å². The summed E-state index contributed by atoms with van der Waals surface area (Å²) in [4.78, 5) is 16.9. The fourth-order valence-corrected chi connectivity index (χ4v) is 4.24. The van der Waals surface area contributed by atoms with Crippen LogP contribution in [0.3, 0.4) is 0 Å². The van der Waals surface area contributed by atoms with Gasteiger partial charge in [-0.05, 0) is 30.4 Å². The Kier molecular flexibility index (Phi) is 5.66. The van der Waals surface area contributed by atoms with Crippen molar-refractivity contribution in [1.29, 1.82) is 0 Å². The fraction of sp³-hybridized carbons (Fsp3) is 0.667. The number of piperidine rings is 1. The van der Waals surface area contributed by atoms with Crippen molar-refractivity contribution >= 4 is 29.7 Å². The molecule has 118 valence electrons. The highest BCUT2D eigenvalue weighted by Crippen LogP contribution is 2.30. The Hall–Kier alpha value is -0.620. The molecule has 0 saturated carbocycles. The minimum absolute atomic E-state index is 0. The van der Waals surface area contributed by atoms with Gasteiger partial charge in [-0.1, -0.05) is 6.92 Å². The largest absolute Gasteiger partial charge is 0.376 e. The molecule has 21 heavy (non-hydrogen) atoms. The quantitative estimate of drug-likeness (QED) is 0.906. The lowest BCUT2D eigenvalue weighted by atomic mass is 9.92. The lowest BCUT2D eigenvalue weighted by Gasteiger charge is -2.37. The molecule has 3 rings (SSSR count). The second-order valence-electron chi connectivity index (χ2n) is 5.88. The second kappa shape index (κ2) is 7.09. The number of carbonyl (C=O) groups is 1. The molecule has 1 saturated heterocycles. The number of fused-ring (bicyclic) bond motifs is 1. The number of halogens is 1. The van der Waals surface area contributed by atoms with Crippen molar-refractivity contribution in [3.63, 3.8) is 0 Å². The number of carbonyl (C=O) groups excluding carboxylic acids is 1. The van der Waals surface area contributed by atoms with Gasteiger partial charge < -0.3 is 15.4 Å². The van der Waals surface area contributed by atoms with Crippen LogP contribution in [0.15, 0.2) is 6.07 Å². The Morgan fingerprint density at radius 2 is 2.38 bits per heavy atom. The van der Waals surface area contributed by atoms with Crippen LogP contribution in [-0.4, -0.2) is 36.5 Å². The van der Waals surface area contributed by atoms with Crippen molar-refractivity contribution in [1.82, 2.24) is 4.90 Å². The Balaban J connectivity index is 0.00000161. The minimum Gasteiger partial charge on any atom is -0.376 e. The van der Waals surface area contributed by atoms with Gasteiger partial charge in [0.15, 0.2) is 0 Å². The van der Waals surface area contributed by atoms with E-state index in [0.29, 0.717) is 19.1 Å². The Labute approximate surface area is 136 Å². The average Bonchev–Trinajstić information content (AvgIpc) is 2.90. The maximum absolute atomic E-state index is 12.7. The molecule has 1 fully saturated rings. The fourth-order valence-electron chi connectivity index (χ4n) is 3.14. The van der Waals surface area contributed by atoms with Crippen molar-refractivity contribution in [3.05, 3.63) is 21.4 Å². The predicted molar refractivity (Wildman–Crippen MR) is 87.2 cm³/mol. The van der Waals surface area contributed by atoms with Crippen molar-refractivity contribution in [2.24, 2.45) is 11.7 Å². The van der Waals surface area contributed by atoms with Gasteiger partial charge in [0, 0.05) is 30.4 Å². The first-order chi connectivity index (χ1) is 9.69. The smallest absolute Gasteiger partial charge is 0.264 e. The zero-order valence-corrected chi connectivity index (χ0v) is 14.0. The normalized spacial score (nSPS) is 25.1. The van der Waals surface area contributed by atoms with E-state index in [-0.39, 0.29) is 24.4 Å². The van der Waals surface area contributed by atoms with Gasteiger partial charge >= 0.3 is 0 Å². The van der Waals surface area contributed by atoms with E-state index in [2.05, 4.69) is 6.92 Å². The van der Waals surface area contributed by atoms with Crippen LogP contribution in [0, 0.1) is 5.92 Å². The number of nitrogens with zero attached hydrogens (tertiary/aromatic N) is 1. The number of thiophene rings is 1. The summed E-state index contributed by atoms with van der Waals surface area (Å²) in [6.45, 7) is 5.06. The lowest BCUT2D eigenvalue weighted by molar-refractivity contribution is 0.0578. The van der Waals surface area contributed by atoms with Crippen LogP contribution in [-0.2, 0) is 17.8 Å². The van der Waals surface area contributed by atoms with Gasteiger partial charge in [0.1, 0.15) is 0 Å². The maximum atomic E-state index is 12.7. The summed E-state index contributed by atoms with van der Waals surface area (Å²) in [5.41, 5.74) is 7.05. The molecule has 0 aromatic carbocycles. The molecule has 1 aromatic heterocycles. The molecule has 2 aliphatic rings. The maximum Gasteiger partial charge on any atom is 0.264 e. The van der Waals surface area contributed by atoms with Crippen LogP contribution >= 0.6 is 23.7 Å². The summed E-state index contributed by atoms with van der Waals surface area (Å²) in [6, 6.07) is 2.22. The standard InChI is InChI=1S/C15H22N2O2S.ClH/c1-10-2-4-17(12(6-10)8-16)15(18)14-7-11-9-19-5-3-13(11)20-14;/h7,10,12H,2-6,8-9,16H2,1H3;1H. The molecule has 4 nitrogen and oxygen atoms in total. The first-order valence-electron chi connectivity index (χ1n) is 7.39. The van der Waals surface area contributed by atoms with Gasteiger partial charge in [-0.15, -0.1) is 23.7 Å². The van der Waals surface area contributed by atoms with E-state index in [1.165, 1.54) is 10.4 Å². The highest BCUT2D eigenvalue weighted by Gasteiger charge is 2.31. The number of ether oxygens (including phenoxy) is 1. The molecule has 2 N–H and O–H groups in total. The molecule has 3 heterocycles. The molecule has 2 aliphatic heterocycles. The second-order valence-corrected chi connectivity index (χ2v) is 7.02. The molecule has 2 atom stereocenters. The zero-order chi connectivity index (χ0) is 14.1. The van der Waals surface area contributed by atoms with E-state index < -0.39 is 0 Å². The molecule has 1 aromatic rings. The molecule has 6 heteroatoms. The van der Waals surface area contributed by atoms with Crippen molar-refractivity contribution in [3.8, 4) is 0 Å². The third-order valence-corrected chi connectivity index (χ3v) is 5.57. The Bertz CT molecular complexity index is 482. The average molecular weight is 331 g/mol. The molecular formula is C15H23ClN2O2S. The molecule has 0 aliphatic carbocycles. The summed E-state index contributed by atoms with van der Waals surface area (Å²) < 4.78 is 5.45. The monoisotopic (exact) mass is 330 g/mol. The Morgan fingerprint density at radius 1 is 1.57 bits per heavy atom. The first-order valence-corrected chi connectivity index (χ1v) is 8.21. The Morgan fingerprint density at radius 3 is 3.10 bits per heavy atom. The molecular weight excluding hydrogens is 308 g/mol. The van der Waals surface area contributed by atoms with E-state index >= 15 is 0 Å². The van der Waals surface area contributed by atoms with Crippen LogP contribution < -0.4 is 5.73 Å². The van der Waals surface area contributed by atoms with Gasteiger partial charge in [0.05, 0.1) is 18.1 Å². The highest BCUT2D eigenvalue weighted by atomic mass is 35.5. The highest BCUT2D eigenvalue weighted by molar-refractivity contribution is 7.14. The first kappa shape index (κ1) is 16.7. The van der Waals surface area contributed by atoms with Gasteiger partial charge in [-0.3, -0.25) is 4.79 Å². The number of hydrogen-bond acceptors (Lipinski definition) is 4. The summed E-state index contributed by atoms with van der Waals surface area (Å²) in [5, 5.41) is 0. The molecule has 1 amide bonds. The van der Waals surface area contributed by atoms with E-state index in [1.54, 1.807) is 11.3 Å². The predicted octanol–water partition coefficient (Wildman–Crippen LogP) is 2.44. The van der Waals surface area contributed by atoms with E-state index in [9.17, 15) is 4.79 Å². The van der Waals surface area contributed by atoms with Crippen LogP contribution in [0.1, 0.15) is 39.9 Å². The number of nitrogens with two attached hydrogens (primary N) is 1. The number of rotatable bonds is 2. The summed E-state index contributed by atoms with van der Waals surface area (Å²) >= 11 is 1.64. The van der Waals surface area contributed by atoms with Crippen molar-refractivity contribution in [2.75, 3.05) is 19.7 Å². The molecule has 2 unspecified atom stereocenters. The third kappa shape index (κ3) is 3.42. The van der Waals surface area contributed by atoms with Gasteiger partial charge in [0.2, 0.25) is 0 Å². The van der Waals surface area contributed by atoms with E-state index in [1.807, 2.05) is 11.0 Å². The van der Waals surface area contributed by atoms with Crippen molar-refractivity contribution in [2.45, 2.75) is 38.8 Å². The number of hydrogen-bond donors (Lipinski definition) is 1. The van der Waals surface area contributed by atoms with E-state index in [0.717, 1.165) is 37.3 Å². The van der Waals surface area contributed by atoms with Crippen LogP contribution in [0.4, 0.5) is 0 Å². The van der Waals surface area contributed by atoms with Gasteiger partial charge in [0.25, 0.3) is 5.91 Å². The van der Waals surface area contributed by atoms with E-state index in [4.69, 9.17) is 10.5 Å².